The number of hydrogen-bond donors (Lipinski definition) is 1. The highest BCUT2D eigenvalue weighted by Crippen LogP contribution is 2.18. The molecule has 0 radical (unpaired) electrons. The van der Waals surface area contributed by atoms with Crippen molar-refractivity contribution in [2.75, 3.05) is 7.05 Å². The van der Waals surface area contributed by atoms with Crippen LogP contribution in [-0.2, 0) is 6.54 Å². The predicted molar refractivity (Wildman–Crippen MR) is 52.5 cm³/mol. The summed E-state index contributed by atoms with van der Waals surface area (Å²) in [6.45, 7) is 0.712. The van der Waals surface area contributed by atoms with Crippen molar-refractivity contribution in [3.8, 4) is 11.3 Å². The molecule has 0 unspecified atom stereocenters. The standard InChI is InChI=1S/C10H11N3O/c1-11-7-9-5-10(14-13-9)8-3-2-4-12-6-8/h2-6,11H,7H2,1H3. The number of hydrogen-bond acceptors (Lipinski definition) is 4. The molecule has 0 bridgehead atoms. The molecular weight excluding hydrogens is 178 g/mol. The monoisotopic (exact) mass is 189 g/mol. The lowest BCUT2D eigenvalue weighted by atomic mass is 10.2. The summed E-state index contributed by atoms with van der Waals surface area (Å²) in [6, 6.07) is 5.72. The van der Waals surface area contributed by atoms with Crippen LogP contribution in [0.25, 0.3) is 11.3 Å². The molecule has 0 atom stereocenters. The average molecular weight is 189 g/mol. The molecule has 4 nitrogen and oxygen atoms in total. The Morgan fingerprint density at radius 1 is 1.50 bits per heavy atom. The Hall–Kier alpha value is -1.68. The van der Waals surface area contributed by atoms with Crippen LogP contribution in [0.3, 0.4) is 0 Å². The van der Waals surface area contributed by atoms with E-state index >= 15 is 0 Å². The molecule has 14 heavy (non-hydrogen) atoms. The van der Waals surface area contributed by atoms with Crippen molar-refractivity contribution >= 4 is 0 Å². The molecule has 0 aromatic carbocycles. The van der Waals surface area contributed by atoms with E-state index in [-0.39, 0.29) is 0 Å². The second-order valence-electron chi connectivity index (χ2n) is 2.95. The van der Waals surface area contributed by atoms with Crippen molar-refractivity contribution in [2.45, 2.75) is 6.54 Å². The van der Waals surface area contributed by atoms with Crippen molar-refractivity contribution in [3.05, 3.63) is 36.3 Å². The van der Waals surface area contributed by atoms with Gasteiger partial charge in [0, 0.05) is 30.6 Å². The minimum Gasteiger partial charge on any atom is -0.356 e. The molecule has 0 saturated carbocycles. The molecule has 0 aliphatic carbocycles. The van der Waals surface area contributed by atoms with Gasteiger partial charge in [0.05, 0.1) is 5.69 Å². The molecule has 4 heteroatoms. The van der Waals surface area contributed by atoms with Gasteiger partial charge in [-0.1, -0.05) is 5.16 Å². The van der Waals surface area contributed by atoms with E-state index in [1.54, 1.807) is 12.4 Å². The second-order valence-corrected chi connectivity index (χ2v) is 2.95. The first-order valence-corrected chi connectivity index (χ1v) is 4.41. The van der Waals surface area contributed by atoms with Gasteiger partial charge in [0.2, 0.25) is 0 Å². The van der Waals surface area contributed by atoms with Crippen molar-refractivity contribution in [2.24, 2.45) is 0 Å². The highest BCUT2D eigenvalue weighted by molar-refractivity contribution is 5.55. The van der Waals surface area contributed by atoms with Gasteiger partial charge < -0.3 is 9.84 Å². The summed E-state index contributed by atoms with van der Waals surface area (Å²) in [5.74, 6) is 0.753. The van der Waals surface area contributed by atoms with Gasteiger partial charge in [-0.15, -0.1) is 0 Å². The molecule has 0 aliphatic rings. The van der Waals surface area contributed by atoms with Crippen molar-refractivity contribution in [1.29, 1.82) is 0 Å². The van der Waals surface area contributed by atoms with Gasteiger partial charge in [0.25, 0.3) is 0 Å². The zero-order chi connectivity index (χ0) is 9.80. The van der Waals surface area contributed by atoms with Crippen LogP contribution in [-0.4, -0.2) is 17.2 Å². The van der Waals surface area contributed by atoms with Crippen LogP contribution < -0.4 is 5.32 Å². The maximum Gasteiger partial charge on any atom is 0.168 e. The number of rotatable bonds is 3. The molecule has 72 valence electrons. The van der Waals surface area contributed by atoms with E-state index in [4.69, 9.17) is 4.52 Å². The lowest BCUT2D eigenvalue weighted by Gasteiger charge is -1.91. The Kier molecular flexibility index (Phi) is 2.55. The van der Waals surface area contributed by atoms with E-state index in [1.165, 1.54) is 0 Å². The summed E-state index contributed by atoms with van der Waals surface area (Å²) in [6.07, 6.45) is 3.48. The molecule has 2 aromatic heterocycles. The third kappa shape index (κ3) is 1.80. The summed E-state index contributed by atoms with van der Waals surface area (Å²) in [4.78, 5) is 4.01. The van der Waals surface area contributed by atoms with E-state index in [2.05, 4.69) is 15.5 Å². The number of nitrogens with zero attached hydrogens (tertiary/aromatic N) is 2. The fourth-order valence-corrected chi connectivity index (χ4v) is 1.22. The smallest absolute Gasteiger partial charge is 0.168 e. The fourth-order valence-electron chi connectivity index (χ4n) is 1.22. The van der Waals surface area contributed by atoms with Gasteiger partial charge in [0.1, 0.15) is 0 Å². The second kappa shape index (κ2) is 4.02. The van der Waals surface area contributed by atoms with Gasteiger partial charge in [-0.2, -0.15) is 0 Å². The van der Waals surface area contributed by atoms with Crippen LogP contribution in [0.1, 0.15) is 5.69 Å². The first kappa shape index (κ1) is 8.90. The van der Waals surface area contributed by atoms with Crippen molar-refractivity contribution < 1.29 is 4.52 Å². The zero-order valence-electron chi connectivity index (χ0n) is 7.90. The topological polar surface area (TPSA) is 51.0 Å². The maximum atomic E-state index is 5.17. The van der Waals surface area contributed by atoms with Gasteiger partial charge in [-0.25, -0.2) is 0 Å². The first-order valence-electron chi connectivity index (χ1n) is 4.41. The van der Waals surface area contributed by atoms with Gasteiger partial charge >= 0.3 is 0 Å². The Balaban J connectivity index is 2.25. The molecule has 0 spiro atoms. The highest BCUT2D eigenvalue weighted by atomic mass is 16.5. The Labute approximate surface area is 82.0 Å². The van der Waals surface area contributed by atoms with Crippen molar-refractivity contribution in [1.82, 2.24) is 15.5 Å². The largest absolute Gasteiger partial charge is 0.356 e. The minimum atomic E-state index is 0.712. The number of aromatic nitrogens is 2. The molecule has 2 heterocycles. The Bertz CT molecular complexity index is 397. The number of pyridine rings is 1. The van der Waals surface area contributed by atoms with Crippen LogP contribution in [0, 0.1) is 0 Å². The van der Waals surface area contributed by atoms with Gasteiger partial charge in [-0.3, -0.25) is 4.98 Å². The van der Waals surface area contributed by atoms with Crippen LogP contribution in [0.4, 0.5) is 0 Å². The molecule has 2 aromatic rings. The lowest BCUT2D eigenvalue weighted by Crippen LogP contribution is -2.04. The number of nitrogens with one attached hydrogen (secondary N) is 1. The molecule has 1 N–H and O–H groups in total. The first-order chi connectivity index (χ1) is 6.90. The van der Waals surface area contributed by atoms with Crippen LogP contribution in [0.15, 0.2) is 35.1 Å². The minimum absolute atomic E-state index is 0.712. The third-order valence-electron chi connectivity index (χ3n) is 1.86. The summed E-state index contributed by atoms with van der Waals surface area (Å²) < 4.78 is 5.17. The van der Waals surface area contributed by atoms with Gasteiger partial charge in [0.15, 0.2) is 5.76 Å². The Morgan fingerprint density at radius 2 is 2.43 bits per heavy atom. The van der Waals surface area contributed by atoms with Gasteiger partial charge in [-0.05, 0) is 19.2 Å². The third-order valence-corrected chi connectivity index (χ3v) is 1.86. The summed E-state index contributed by atoms with van der Waals surface area (Å²) >= 11 is 0. The van der Waals surface area contributed by atoms with Crippen LogP contribution >= 0.6 is 0 Å². The molecule has 0 saturated heterocycles. The van der Waals surface area contributed by atoms with E-state index < -0.39 is 0 Å². The van der Waals surface area contributed by atoms with Crippen molar-refractivity contribution in [3.63, 3.8) is 0 Å². The average Bonchev–Trinajstić information content (AvgIpc) is 2.68. The van der Waals surface area contributed by atoms with E-state index in [9.17, 15) is 0 Å². The normalized spacial score (nSPS) is 10.4. The maximum absolute atomic E-state index is 5.17. The zero-order valence-corrected chi connectivity index (χ0v) is 7.90. The summed E-state index contributed by atoms with van der Waals surface area (Å²) in [5, 5.41) is 6.93. The molecule has 0 fully saturated rings. The summed E-state index contributed by atoms with van der Waals surface area (Å²) in [7, 11) is 1.87. The lowest BCUT2D eigenvalue weighted by molar-refractivity contribution is 0.421. The van der Waals surface area contributed by atoms with Crippen LogP contribution in [0.5, 0.6) is 0 Å². The fraction of sp³-hybridized carbons (Fsp3) is 0.200. The predicted octanol–water partition coefficient (Wildman–Crippen LogP) is 1.46. The molecule has 2 rings (SSSR count). The molecule has 0 aliphatic heterocycles. The quantitative estimate of drug-likeness (QED) is 0.794. The summed E-state index contributed by atoms with van der Waals surface area (Å²) in [5.41, 5.74) is 1.84. The van der Waals surface area contributed by atoms with E-state index in [1.807, 2.05) is 25.2 Å². The SMILES string of the molecule is CNCc1cc(-c2cccnc2)on1. The molecule has 0 amide bonds. The highest BCUT2D eigenvalue weighted by Gasteiger charge is 2.05. The molecular formula is C10H11N3O. The van der Waals surface area contributed by atoms with Crippen LogP contribution in [0.2, 0.25) is 0 Å². The Morgan fingerprint density at radius 3 is 3.14 bits per heavy atom. The van der Waals surface area contributed by atoms with E-state index in [0.717, 1.165) is 17.0 Å². The van der Waals surface area contributed by atoms with E-state index in [0.29, 0.717) is 6.54 Å².